The second-order valence-electron chi connectivity index (χ2n) is 23.1. The zero-order chi connectivity index (χ0) is 51.8. The fourth-order valence-electron chi connectivity index (χ4n) is 10.2. The molecule has 0 aliphatic rings. The van der Waals surface area contributed by atoms with Gasteiger partial charge in [0, 0.05) is 44.5 Å². The summed E-state index contributed by atoms with van der Waals surface area (Å²) in [6, 6.07) is 55.7. The molecule has 0 aliphatic carbocycles. The first-order chi connectivity index (χ1) is 34.1. The van der Waals surface area contributed by atoms with Gasteiger partial charge < -0.3 is 13.3 Å². The largest absolute Gasteiger partial charge is 0.537 e. The van der Waals surface area contributed by atoms with E-state index in [0.29, 0.717) is 19.8 Å². The molecule has 0 aliphatic heterocycles. The normalized spacial score (nSPS) is 12.7. The lowest BCUT2D eigenvalue weighted by Gasteiger charge is -2.31. The average Bonchev–Trinajstić information content (AvgIpc) is 3.98. The van der Waals surface area contributed by atoms with Gasteiger partial charge in [-0.3, -0.25) is 0 Å². The fourth-order valence-corrected chi connectivity index (χ4v) is 16.3. The van der Waals surface area contributed by atoms with Crippen LogP contribution in [-0.4, -0.2) is 28.6 Å². The van der Waals surface area contributed by atoms with Crippen LogP contribution in [0.5, 0.6) is 0 Å². The number of thiophene rings is 2. The summed E-state index contributed by atoms with van der Waals surface area (Å²) in [7, 11) is -2.97. The van der Waals surface area contributed by atoms with Crippen molar-refractivity contribution in [2.45, 2.75) is 126 Å². The number of hydrogen-bond acceptors (Lipinski definition) is 5. The van der Waals surface area contributed by atoms with Crippen molar-refractivity contribution < 1.29 is 13.3 Å². The Kier molecular flexibility index (Phi) is 15.5. The minimum Gasteiger partial charge on any atom is -0.370 e. The van der Waals surface area contributed by atoms with Crippen molar-refractivity contribution in [1.29, 1.82) is 0 Å². The van der Waals surface area contributed by atoms with Crippen LogP contribution < -0.4 is 5.19 Å². The van der Waals surface area contributed by atoms with Gasteiger partial charge in [0.15, 0.2) is 0 Å². The van der Waals surface area contributed by atoms with Gasteiger partial charge in [-0.25, -0.2) is 0 Å². The third kappa shape index (κ3) is 11.0. The summed E-state index contributed by atoms with van der Waals surface area (Å²) < 4.78 is 18.5. The molecule has 0 bridgehead atoms. The molecule has 0 unspecified atom stereocenters. The summed E-state index contributed by atoms with van der Waals surface area (Å²) in [5.74, 6) is 0. The lowest BCUT2D eigenvalue weighted by Crippen LogP contribution is -2.56. The SMILES string of the molecule is CCO[Si](OCC)(OCC)c1ccc(-c2ccc(-c3ccc(-c4sc(-c5sc(-c6ccc(-c7ccc(-c8ccccc8)cc7)cc6)c(C(C)(C)C)c5C(C)(C)C)c(C(C)(C)C)c4C(C)(C)C)cc3)cc2)cc1. The van der Waals surface area contributed by atoms with Gasteiger partial charge in [-0.2, -0.15) is 0 Å². The second-order valence-corrected chi connectivity index (χ2v) is 27.7. The van der Waals surface area contributed by atoms with Crippen LogP contribution in [-0.2, 0) is 34.9 Å². The molecule has 3 nitrogen and oxygen atoms in total. The highest BCUT2D eigenvalue weighted by atomic mass is 32.1. The summed E-state index contributed by atoms with van der Waals surface area (Å²) in [6.07, 6.45) is 0. The molecule has 6 aromatic carbocycles. The van der Waals surface area contributed by atoms with Crippen molar-refractivity contribution in [3.8, 4) is 75.1 Å². The van der Waals surface area contributed by atoms with Crippen LogP contribution in [0.4, 0.5) is 0 Å². The van der Waals surface area contributed by atoms with Crippen LogP contribution >= 0.6 is 22.7 Å². The van der Waals surface area contributed by atoms with Gasteiger partial charge in [0.05, 0.1) is 0 Å². The number of benzene rings is 6. The summed E-state index contributed by atoms with van der Waals surface area (Å²) in [6.45, 7) is 36.5. The zero-order valence-corrected chi connectivity index (χ0v) is 48.2. The van der Waals surface area contributed by atoms with Crippen molar-refractivity contribution in [3.05, 3.63) is 174 Å². The Morgan fingerprint density at radius 2 is 0.514 bits per heavy atom. The van der Waals surface area contributed by atoms with E-state index in [1.54, 1.807) is 0 Å². The Bertz CT molecular complexity index is 3060. The molecule has 72 heavy (non-hydrogen) atoms. The van der Waals surface area contributed by atoms with E-state index >= 15 is 0 Å². The third-order valence-corrected chi connectivity index (χ3v) is 19.1. The van der Waals surface area contributed by atoms with E-state index in [4.69, 9.17) is 13.3 Å². The van der Waals surface area contributed by atoms with Gasteiger partial charge in [0.2, 0.25) is 0 Å². The minimum absolute atomic E-state index is 0.0857. The van der Waals surface area contributed by atoms with Gasteiger partial charge in [-0.1, -0.05) is 235 Å². The van der Waals surface area contributed by atoms with Gasteiger partial charge in [-0.15, -0.1) is 22.7 Å². The van der Waals surface area contributed by atoms with Crippen LogP contribution in [0, 0.1) is 0 Å². The van der Waals surface area contributed by atoms with E-state index in [9.17, 15) is 0 Å². The third-order valence-electron chi connectivity index (χ3n) is 13.4. The number of hydrogen-bond donors (Lipinski definition) is 0. The summed E-state index contributed by atoms with van der Waals surface area (Å²) in [4.78, 5) is 5.58. The van der Waals surface area contributed by atoms with Crippen LogP contribution in [0.3, 0.4) is 0 Å². The first-order valence-corrected chi connectivity index (χ1v) is 29.3. The van der Waals surface area contributed by atoms with Gasteiger partial charge in [0.25, 0.3) is 0 Å². The molecular weight excluding hydrogens is 933 g/mol. The van der Waals surface area contributed by atoms with Crippen molar-refractivity contribution in [2.24, 2.45) is 0 Å². The lowest BCUT2D eigenvalue weighted by molar-refractivity contribution is 0.0859. The molecule has 6 heteroatoms. The standard InChI is InChI=1S/C66H76O3S2Si/c1-16-67-72(68-17-2,69-18-3)54-42-40-51(41-43-54)48-30-28-47(29-31-48)50-34-38-53(39-35-50)60-56(64(7,8)9)58(66(13,14)15)62(71-60)61-57(65(10,11)12)55(63(4,5)6)59(70-61)52-36-32-49(33-37-52)46-26-24-45(25-27-46)44-22-20-19-21-23-44/h19-43H,16-18H2,1-15H3. The molecule has 0 N–H and O–H groups in total. The van der Waals surface area contributed by atoms with Crippen molar-refractivity contribution in [1.82, 2.24) is 0 Å². The molecular formula is C66H76O3S2Si. The second kappa shape index (κ2) is 21.0. The number of rotatable bonds is 14. The maximum atomic E-state index is 6.18. The molecule has 0 atom stereocenters. The Labute approximate surface area is 441 Å². The zero-order valence-electron chi connectivity index (χ0n) is 45.6. The summed E-state index contributed by atoms with van der Waals surface area (Å²) in [5, 5.41) is 0.989. The van der Waals surface area contributed by atoms with E-state index in [1.165, 1.54) is 86.3 Å². The first kappa shape index (κ1) is 53.1. The van der Waals surface area contributed by atoms with Gasteiger partial charge in [-0.05, 0) is 120 Å². The van der Waals surface area contributed by atoms with Gasteiger partial charge >= 0.3 is 8.80 Å². The van der Waals surface area contributed by atoms with E-state index in [2.05, 4.69) is 235 Å². The predicted molar refractivity (Wildman–Crippen MR) is 315 cm³/mol. The molecule has 8 aromatic rings. The highest BCUT2D eigenvalue weighted by Crippen LogP contribution is 2.58. The molecule has 374 valence electrons. The summed E-state index contributed by atoms with van der Waals surface area (Å²) in [5.41, 5.74) is 17.7. The van der Waals surface area contributed by atoms with Crippen LogP contribution in [0.2, 0.25) is 0 Å². The Hall–Kier alpha value is -5.18. The summed E-state index contributed by atoms with van der Waals surface area (Å²) >= 11 is 4.01. The highest BCUT2D eigenvalue weighted by molar-refractivity contribution is 7.25. The quantitative estimate of drug-likeness (QED) is 0.102. The van der Waals surface area contributed by atoms with Crippen LogP contribution in [0.15, 0.2) is 152 Å². The van der Waals surface area contributed by atoms with Crippen molar-refractivity contribution in [2.75, 3.05) is 19.8 Å². The molecule has 0 amide bonds. The minimum atomic E-state index is -2.97. The average molecular weight is 1010 g/mol. The smallest absolute Gasteiger partial charge is 0.370 e. The van der Waals surface area contributed by atoms with E-state index < -0.39 is 8.80 Å². The highest BCUT2D eigenvalue weighted by Gasteiger charge is 2.43. The van der Waals surface area contributed by atoms with Crippen molar-refractivity contribution in [3.63, 3.8) is 0 Å². The predicted octanol–water partition coefficient (Wildman–Crippen LogP) is 18.9. The monoisotopic (exact) mass is 1010 g/mol. The van der Waals surface area contributed by atoms with Crippen LogP contribution in [0.1, 0.15) is 126 Å². The molecule has 0 saturated heterocycles. The molecule has 2 aromatic heterocycles. The Balaban J connectivity index is 1.17. The Morgan fingerprint density at radius 1 is 0.292 bits per heavy atom. The molecule has 0 spiro atoms. The first-order valence-electron chi connectivity index (χ1n) is 25.9. The molecule has 0 radical (unpaired) electrons. The maximum absolute atomic E-state index is 6.18. The topological polar surface area (TPSA) is 27.7 Å². The van der Waals surface area contributed by atoms with E-state index in [1.807, 2.05) is 43.4 Å². The van der Waals surface area contributed by atoms with Crippen molar-refractivity contribution >= 4 is 36.7 Å². The molecule has 0 saturated carbocycles. The maximum Gasteiger partial charge on any atom is 0.537 e. The Morgan fingerprint density at radius 3 is 0.764 bits per heavy atom. The molecule has 0 fully saturated rings. The fraction of sp³-hybridized carbons (Fsp3) is 0.333. The lowest BCUT2D eigenvalue weighted by atomic mass is 9.72. The van der Waals surface area contributed by atoms with Gasteiger partial charge in [0.1, 0.15) is 0 Å². The van der Waals surface area contributed by atoms with Crippen LogP contribution in [0.25, 0.3) is 75.1 Å². The molecule has 8 rings (SSSR count). The van der Waals surface area contributed by atoms with E-state index in [-0.39, 0.29) is 21.7 Å². The molecule has 2 heterocycles. The van der Waals surface area contributed by atoms with E-state index in [0.717, 1.165) is 16.3 Å².